The molecule has 0 saturated carbocycles. The van der Waals surface area contributed by atoms with E-state index in [-0.39, 0.29) is 0 Å². The summed E-state index contributed by atoms with van der Waals surface area (Å²) in [6.45, 7) is 1.99. The number of fused-ring (bicyclic) bond motifs is 1. The highest BCUT2D eigenvalue weighted by molar-refractivity contribution is 7.18. The molecular weight excluding hydrogens is 346 g/mol. The Morgan fingerprint density at radius 2 is 2.04 bits per heavy atom. The molecule has 7 nitrogen and oxygen atoms in total. The molecule has 5 heterocycles. The molecule has 0 aliphatic carbocycles. The van der Waals surface area contributed by atoms with Crippen LogP contribution in [0.1, 0.15) is 6.42 Å². The fraction of sp³-hybridized carbons (Fsp3) is 0.222. The minimum Gasteiger partial charge on any atom is -0.365 e. The predicted octanol–water partition coefficient (Wildman–Crippen LogP) is 2.92. The van der Waals surface area contributed by atoms with Gasteiger partial charge in [-0.05, 0) is 31.2 Å². The van der Waals surface area contributed by atoms with Crippen LogP contribution in [0.4, 0.5) is 5.82 Å². The fourth-order valence-corrected chi connectivity index (χ4v) is 4.17. The van der Waals surface area contributed by atoms with Gasteiger partial charge in [0.1, 0.15) is 5.82 Å². The quantitative estimate of drug-likeness (QED) is 0.516. The zero-order chi connectivity index (χ0) is 17.3. The summed E-state index contributed by atoms with van der Waals surface area (Å²) < 4.78 is 1.07. The molecule has 3 N–H and O–H groups in total. The Morgan fingerprint density at radius 3 is 2.81 bits per heavy atom. The van der Waals surface area contributed by atoms with Gasteiger partial charge in [-0.15, -0.1) is 11.3 Å². The maximum absolute atomic E-state index is 4.86. The molecule has 0 amide bonds. The molecular formula is C18H17N7S. The molecule has 4 aromatic rings. The molecule has 26 heavy (non-hydrogen) atoms. The highest BCUT2D eigenvalue weighted by Crippen LogP contribution is 2.37. The van der Waals surface area contributed by atoms with E-state index in [1.54, 1.807) is 29.9 Å². The topological polar surface area (TPSA) is 91.4 Å². The molecule has 130 valence electrons. The number of nitrogens with zero attached hydrogens (tertiary/aromatic N) is 4. The largest absolute Gasteiger partial charge is 0.365 e. The molecule has 0 radical (unpaired) electrons. The standard InChI is InChI=1S/C18H17N7S/c1-5-19-6-2-11(1)17-23-15-13(14-4-8-21-25-14)10-26-16(15)18(24-17)22-12-3-7-20-9-12/h1-2,4-6,8,10,12,20H,3,7,9H2,(H,21,25)(H,22,23,24). The highest BCUT2D eigenvalue weighted by Gasteiger charge is 2.20. The van der Waals surface area contributed by atoms with Gasteiger partial charge < -0.3 is 10.6 Å². The van der Waals surface area contributed by atoms with E-state index in [0.29, 0.717) is 11.9 Å². The van der Waals surface area contributed by atoms with E-state index in [0.717, 1.165) is 52.4 Å². The second-order valence-electron chi connectivity index (χ2n) is 6.26. The Balaban J connectivity index is 1.68. The molecule has 1 atom stereocenters. The van der Waals surface area contributed by atoms with Gasteiger partial charge in [-0.3, -0.25) is 10.1 Å². The van der Waals surface area contributed by atoms with Crippen LogP contribution in [0.5, 0.6) is 0 Å². The average molecular weight is 363 g/mol. The Labute approximate surface area is 153 Å². The number of aromatic nitrogens is 5. The van der Waals surface area contributed by atoms with Crippen LogP contribution in [0.25, 0.3) is 32.9 Å². The summed E-state index contributed by atoms with van der Waals surface area (Å²) in [6.07, 6.45) is 6.38. The van der Waals surface area contributed by atoms with Crippen LogP contribution in [-0.4, -0.2) is 44.3 Å². The number of anilines is 1. The van der Waals surface area contributed by atoms with Gasteiger partial charge in [0.05, 0.1) is 15.9 Å². The van der Waals surface area contributed by atoms with Crippen LogP contribution in [-0.2, 0) is 0 Å². The lowest BCUT2D eigenvalue weighted by molar-refractivity contribution is 0.789. The highest BCUT2D eigenvalue weighted by atomic mass is 32.1. The van der Waals surface area contributed by atoms with Crippen molar-refractivity contribution in [2.45, 2.75) is 12.5 Å². The lowest BCUT2D eigenvalue weighted by Gasteiger charge is -2.14. The molecule has 1 saturated heterocycles. The second-order valence-corrected chi connectivity index (χ2v) is 7.14. The maximum atomic E-state index is 4.86. The molecule has 1 fully saturated rings. The Hall–Kier alpha value is -2.84. The van der Waals surface area contributed by atoms with Crippen molar-refractivity contribution >= 4 is 27.4 Å². The van der Waals surface area contributed by atoms with Crippen molar-refractivity contribution in [2.24, 2.45) is 0 Å². The minimum atomic E-state index is 0.385. The number of thiophene rings is 1. The van der Waals surface area contributed by atoms with Crippen molar-refractivity contribution in [2.75, 3.05) is 18.4 Å². The van der Waals surface area contributed by atoms with E-state index in [1.165, 1.54) is 0 Å². The third-order valence-corrected chi connectivity index (χ3v) is 5.52. The molecule has 1 unspecified atom stereocenters. The van der Waals surface area contributed by atoms with Crippen LogP contribution in [0.3, 0.4) is 0 Å². The van der Waals surface area contributed by atoms with Crippen LogP contribution in [0, 0.1) is 0 Å². The lowest BCUT2D eigenvalue weighted by atomic mass is 10.2. The van der Waals surface area contributed by atoms with Gasteiger partial charge in [-0.2, -0.15) is 5.10 Å². The molecule has 0 bridgehead atoms. The monoisotopic (exact) mass is 363 g/mol. The number of hydrogen-bond acceptors (Lipinski definition) is 7. The van der Waals surface area contributed by atoms with E-state index in [9.17, 15) is 0 Å². The molecule has 5 rings (SSSR count). The summed E-state index contributed by atoms with van der Waals surface area (Å²) in [7, 11) is 0. The van der Waals surface area contributed by atoms with Crippen molar-refractivity contribution in [1.82, 2.24) is 30.5 Å². The number of hydrogen-bond donors (Lipinski definition) is 3. The Bertz CT molecular complexity index is 1020. The van der Waals surface area contributed by atoms with Gasteiger partial charge in [-0.1, -0.05) is 0 Å². The lowest BCUT2D eigenvalue weighted by Crippen LogP contribution is -2.22. The molecule has 0 spiro atoms. The predicted molar refractivity (Wildman–Crippen MR) is 103 cm³/mol. The van der Waals surface area contributed by atoms with Gasteiger partial charge in [-0.25, -0.2) is 9.97 Å². The van der Waals surface area contributed by atoms with Crippen LogP contribution < -0.4 is 10.6 Å². The fourth-order valence-electron chi connectivity index (χ4n) is 3.21. The van der Waals surface area contributed by atoms with Gasteiger partial charge >= 0.3 is 0 Å². The van der Waals surface area contributed by atoms with Crippen LogP contribution >= 0.6 is 11.3 Å². The van der Waals surface area contributed by atoms with Gasteiger partial charge in [0.25, 0.3) is 0 Å². The van der Waals surface area contributed by atoms with Crippen molar-refractivity contribution in [3.8, 4) is 22.6 Å². The number of rotatable bonds is 4. The maximum Gasteiger partial charge on any atom is 0.162 e. The smallest absolute Gasteiger partial charge is 0.162 e. The van der Waals surface area contributed by atoms with E-state index in [2.05, 4.69) is 31.2 Å². The zero-order valence-corrected chi connectivity index (χ0v) is 14.8. The van der Waals surface area contributed by atoms with Gasteiger partial charge in [0.2, 0.25) is 0 Å². The number of pyridine rings is 1. The van der Waals surface area contributed by atoms with Crippen LogP contribution in [0.2, 0.25) is 0 Å². The summed E-state index contributed by atoms with van der Waals surface area (Å²) in [5.74, 6) is 1.60. The third-order valence-electron chi connectivity index (χ3n) is 4.55. The van der Waals surface area contributed by atoms with E-state index < -0.39 is 0 Å². The number of nitrogens with one attached hydrogen (secondary N) is 3. The molecule has 1 aliphatic heterocycles. The molecule has 8 heteroatoms. The molecule has 4 aromatic heterocycles. The van der Waals surface area contributed by atoms with E-state index >= 15 is 0 Å². The first kappa shape index (κ1) is 15.4. The van der Waals surface area contributed by atoms with Gasteiger partial charge in [0.15, 0.2) is 5.82 Å². The van der Waals surface area contributed by atoms with Crippen molar-refractivity contribution in [3.05, 3.63) is 42.2 Å². The normalized spacial score (nSPS) is 17.0. The third kappa shape index (κ3) is 2.73. The van der Waals surface area contributed by atoms with Crippen molar-refractivity contribution in [3.63, 3.8) is 0 Å². The van der Waals surface area contributed by atoms with E-state index in [1.807, 2.05) is 18.2 Å². The van der Waals surface area contributed by atoms with Crippen LogP contribution in [0.15, 0.2) is 42.2 Å². The summed E-state index contributed by atoms with van der Waals surface area (Å²) in [5, 5.41) is 16.2. The summed E-state index contributed by atoms with van der Waals surface area (Å²) >= 11 is 1.66. The summed E-state index contributed by atoms with van der Waals surface area (Å²) in [6, 6.07) is 6.22. The molecule has 1 aliphatic rings. The second kappa shape index (κ2) is 6.47. The SMILES string of the molecule is c1cc(-c2nc(NC3CCNC3)c3scc(-c4ccn[nH]4)c3n2)ccn1. The first-order valence-corrected chi connectivity index (χ1v) is 9.43. The average Bonchev–Trinajstić information content (AvgIpc) is 3.43. The Kier molecular flexibility index (Phi) is 3.84. The molecule has 0 aromatic carbocycles. The first-order chi connectivity index (χ1) is 12.9. The van der Waals surface area contributed by atoms with Gasteiger partial charge in [0, 0.05) is 47.7 Å². The minimum absolute atomic E-state index is 0.385. The van der Waals surface area contributed by atoms with Crippen molar-refractivity contribution < 1.29 is 0 Å². The summed E-state index contributed by atoms with van der Waals surface area (Å²) in [4.78, 5) is 13.8. The summed E-state index contributed by atoms with van der Waals surface area (Å²) in [5.41, 5.74) is 3.91. The van der Waals surface area contributed by atoms with Crippen molar-refractivity contribution in [1.29, 1.82) is 0 Å². The zero-order valence-electron chi connectivity index (χ0n) is 13.9. The Morgan fingerprint density at radius 1 is 1.12 bits per heavy atom. The number of H-pyrrole nitrogens is 1. The van der Waals surface area contributed by atoms with E-state index in [4.69, 9.17) is 9.97 Å². The number of aromatic amines is 1. The first-order valence-electron chi connectivity index (χ1n) is 8.55.